The molecule has 0 atom stereocenters. The molecular weight excluding hydrogens is 340 g/mol. The van der Waals surface area contributed by atoms with E-state index >= 15 is 0 Å². The molecule has 0 saturated heterocycles. The van der Waals surface area contributed by atoms with E-state index in [0.29, 0.717) is 30.2 Å². The number of carbonyl (C=O) groups excluding carboxylic acids is 1. The first-order chi connectivity index (χ1) is 13.2. The summed E-state index contributed by atoms with van der Waals surface area (Å²) in [5, 5.41) is 14.7. The quantitative estimate of drug-likeness (QED) is 0.743. The van der Waals surface area contributed by atoms with E-state index in [2.05, 4.69) is 15.8 Å². The summed E-state index contributed by atoms with van der Waals surface area (Å²) < 4.78 is 8.19. The summed E-state index contributed by atoms with van der Waals surface area (Å²) in [6, 6.07) is 6.19. The fraction of sp³-hybridized carbons (Fsp3) is 0.455. The summed E-state index contributed by atoms with van der Waals surface area (Å²) in [6.07, 6.45) is 10.6. The van der Waals surface area contributed by atoms with Crippen LogP contribution in [0.1, 0.15) is 72.6 Å². The Morgan fingerprint density at radius 1 is 1.22 bits per heavy atom. The van der Waals surface area contributed by atoms with Gasteiger partial charge >= 0.3 is 0 Å². The summed E-state index contributed by atoms with van der Waals surface area (Å²) in [4.78, 5) is 11.4. The molecule has 5 nitrogen and oxygen atoms in total. The van der Waals surface area contributed by atoms with Crippen molar-refractivity contribution in [3.05, 3.63) is 46.8 Å². The van der Waals surface area contributed by atoms with Crippen molar-refractivity contribution in [2.75, 3.05) is 6.61 Å². The maximum absolute atomic E-state index is 11.4. The lowest BCUT2D eigenvalue weighted by atomic mass is 9.88. The van der Waals surface area contributed by atoms with Crippen molar-refractivity contribution in [1.29, 1.82) is 0 Å². The summed E-state index contributed by atoms with van der Waals surface area (Å²) >= 11 is 0. The summed E-state index contributed by atoms with van der Waals surface area (Å²) in [6.45, 7) is 2.21. The van der Waals surface area contributed by atoms with Crippen LogP contribution in [-0.4, -0.2) is 27.8 Å². The number of phenolic OH excluding ortho intramolecular Hbond substituents is 1. The maximum Gasteiger partial charge on any atom is 0.157 e. The number of aryl methyl sites for hydroxylation is 1. The molecule has 0 aliphatic heterocycles. The lowest BCUT2D eigenvalue weighted by Gasteiger charge is -2.29. The smallest absolute Gasteiger partial charge is 0.157 e. The molecule has 1 saturated carbocycles. The van der Waals surface area contributed by atoms with Crippen LogP contribution < -0.4 is 4.74 Å². The van der Waals surface area contributed by atoms with E-state index in [1.807, 2.05) is 6.20 Å². The van der Waals surface area contributed by atoms with Gasteiger partial charge in [-0.25, -0.2) is 0 Å². The number of carbonyl (C=O) groups is 1. The van der Waals surface area contributed by atoms with Gasteiger partial charge in [0.05, 0.1) is 17.3 Å². The highest BCUT2D eigenvalue weighted by molar-refractivity contribution is 5.84. The Balaban J connectivity index is 1.61. The molecule has 2 aliphatic carbocycles. The molecule has 0 unspecified atom stereocenters. The van der Waals surface area contributed by atoms with Crippen molar-refractivity contribution in [3.63, 3.8) is 0 Å². The van der Waals surface area contributed by atoms with E-state index < -0.39 is 0 Å². The van der Waals surface area contributed by atoms with Gasteiger partial charge in [0.1, 0.15) is 18.1 Å². The third-order valence-corrected chi connectivity index (χ3v) is 5.88. The first-order valence-electron chi connectivity index (χ1n) is 9.84. The van der Waals surface area contributed by atoms with Gasteiger partial charge < -0.3 is 9.84 Å². The van der Waals surface area contributed by atoms with Gasteiger partial charge in [0.2, 0.25) is 0 Å². The van der Waals surface area contributed by atoms with Crippen molar-refractivity contribution in [1.82, 2.24) is 9.78 Å². The van der Waals surface area contributed by atoms with Gasteiger partial charge in [0, 0.05) is 6.20 Å². The highest BCUT2D eigenvalue weighted by Crippen LogP contribution is 2.38. The highest BCUT2D eigenvalue weighted by Gasteiger charge is 2.25. The van der Waals surface area contributed by atoms with Crippen molar-refractivity contribution in [2.45, 2.75) is 57.9 Å². The number of nitrogens with zero attached hydrogens (tertiary/aromatic N) is 2. The molecule has 27 heavy (non-hydrogen) atoms. The van der Waals surface area contributed by atoms with Crippen molar-refractivity contribution in [3.8, 4) is 11.5 Å². The highest BCUT2D eigenvalue weighted by atomic mass is 16.5. The van der Waals surface area contributed by atoms with Gasteiger partial charge in [-0.05, 0) is 80.7 Å². The van der Waals surface area contributed by atoms with Gasteiger partial charge in [-0.2, -0.15) is 5.10 Å². The Morgan fingerprint density at radius 3 is 2.78 bits per heavy atom. The SMILES string of the molecule is Cc1ccc(OCC2=C(c3ccnn3C3CCC3)CCCC2)c(C=O)c1O. The third kappa shape index (κ3) is 3.38. The molecular formula is C22H26N2O3. The zero-order valence-corrected chi connectivity index (χ0v) is 15.8. The van der Waals surface area contributed by atoms with Crippen molar-refractivity contribution >= 4 is 11.9 Å². The number of aromatic nitrogens is 2. The normalized spacial score (nSPS) is 17.7. The lowest BCUT2D eigenvalue weighted by molar-refractivity contribution is 0.111. The zero-order chi connectivity index (χ0) is 18.8. The number of rotatable bonds is 6. The van der Waals surface area contributed by atoms with E-state index in [1.54, 1.807) is 19.1 Å². The van der Waals surface area contributed by atoms with Crippen LogP contribution in [0, 0.1) is 6.92 Å². The maximum atomic E-state index is 11.4. The Hall–Kier alpha value is -2.56. The van der Waals surface area contributed by atoms with Gasteiger partial charge in [-0.1, -0.05) is 6.07 Å². The van der Waals surface area contributed by atoms with E-state index in [1.165, 1.54) is 42.5 Å². The molecule has 0 amide bonds. The molecule has 5 heteroatoms. The van der Waals surface area contributed by atoms with E-state index in [0.717, 1.165) is 19.3 Å². The minimum absolute atomic E-state index is 0.00315. The lowest BCUT2D eigenvalue weighted by Crippen LogP contribution is -2.21. The van der Waals surface area contributed by atoms with Crippen LogP contribution in [0.15, 0.2) is 30.0 Å². The Kier molecular flexibility index (Phi) is 5.01. The van der Waals surface area contributed by atoms with Crippen LogP contribution in [0.4, 0.5) is 0 Å². The molecule has 1 aromatic heterocycles. The number of hydrogen-bond acceptors (Lipinski definition) is 4. The average Bonchev–Trinajstić information content (AvgIpc) is 3.10. The molecule has 0 radical (unpaired) electrons. The number of phenols is 1. The standard InChI is InChI=1S/C22H26N2O3/c1-15-9-10-21(19(13-25)22(15)26)27-14-16-5-2-3-8-18(16)20-11-12-23-24(20)17-6-4-7-17/h9-13,17,26H,2-8,14H2,1H3. The third-order valence-electron chi connectivity index (χ3n) is 5.88. The van der Waals surface area contributed by atoms with Gasteiger partial charge in [-0.15, -0.1) is 0 Å². The van der Waals surface area contributed by atoms with Crippen LogP contribution in [-0.2, 0) is 0 Å². The minimum atomic E-state index is 0.00315. The predicted octanol–water partition coefficient (Wildman–Crippen LogP) is 4.84. The molecule has 0 bridgehead atoms. The van der Waals surface area contributed by atoms with E-state index in [4.69, 9.17) is 4.74 Å². The van der Waals surface area contributed by atoms with Crippen LogP contribution in [0.2, 0.25) is 0 Å². The summed E-state index contributed by atoms with van der Waals surface area (Å²) in [5.41, 5.74) is 4.74. The topological polar surface area (TPSA) is 64.4 Å². The Labute approximate surface area is 159 Å². The Morgan fingerprint density at radius 2 is 2.04 bits per heavy atom. The van der Waals surface area contributed by atoms with Crippen LogP contribution >= 0.6 is 0 Å². The van der Waals surface area contributed by atoms with Gasteiger partial charge in [-0.3, -0.25) is 9.48 Å². The first-order valence-corrected chi connectivity index (χ1v) is 9.84. The summed E-state index contributed by atoms with van der Waals surface area (Å²) in [5.74, 6) is 0.446. The van der Waals surface area contributed by atoms with Crippen molar-refractivity contribution < 1.29 is 14.6 Å². The molecule has 2 aromatic rings. The predicted molar refractivity (Wildman–Crippen MR) is 104 cm³/mol. The number of ether oxygens (including phenoxy) is 1. The van der Waals surface area contributed by atoms with Gasteiger partial charge in [0.15, 0.2) is 6.29 Å². The second-order valence-corrected chi connectivity index (χ2v) is 7.58. The molecule has 1 heterocycles. The monoisotopic (exact) mass is 366 g/mol. The zero-order valence-electron chi connectivity index (χ0n) is 15.8. The first kappa shape index (κ1) is 17.8. The number of allylic oxidation sites excluding steroid dienone is 1. The van der Waals surface area contributed by atoms with E-state index in [-0.39, 0.29) is 11.3 Å². The second-order valence-electron chi connectivity index (χ2n) is 7.58. The number of aldehydes is 1. The molecule has 0 spiro atoms. The second kappa shape index (κ2) is 7.59. The number of aromatic hydroxyl groups is 1. The fourth-order valence-corrected chi connectivity index (χ4v) is 4.01. The summed E-state index contributed by atoms with van der Waals surface area (Å²) in [7, 11) is 0. The molecule has 4 rings (SSSR count). The fourth-order valence-electron chi connectivity index (χ4n) is 4.01. The average molecular weight is 366 g/mol. The van der Waals surface area contributed by atoms with Crippen LogP contribution in [0.5, 0.6) is 11.5 Å². The molecule has 2 aliphatic rings. The van der Waals surface area contributed by atoms with Crippen molar-refractivity contribution in [2.24, 2.45) is 0 Å². The van der Waals surface area contributed by atoms with Crippen LogP contribution in [0.25, 0.3) is 5.57 Å². The van der Waals surface area contributed by atoms with Crippen LogP contribution in [0.3, 0.4) is 0 Å². The molecule has 1 aromatic carbocycles. The molecule has 1 N–H and O–H groups in total. The number of hydrogen-bond donors (Lipinski definition) is 1. The largest absolute Gasteiger partial charge is 0.507 e. The minimum Gasteiger partial charge on any atom is -0.507 e. The van der Waals surface area contributed by atoms with Gasteiger partial charge in [0.25, 0.3) is 0 Å². The van der Waals surface area contributed by atoms with E-state index in [9.17, 15) is 9.90 Å². The Bertz CT molecular complexity index is 878. The molecule has 142 valence electrons. The molecule has 1 fully saturated rings. The number of benzene rings is 1.